The van der Waals surface area contributed by atoms with Crippen LogP contribution >= 0.6 is 0 Å². The van der Waals surface area contributed by atoms with Crippen LogP contribution in [0.2, 0.25) is 0 Å². The first kappa shape index (κ1) is 24.6. The maximum Gasteiger partial charge on any atom is 0.264 e. The van der Waals surface area contributed by atoms with Gasteiger partial charge in [0.2, 0.25) is 0 Å². The lowest BCUT2D eigenvalue weighted by molar-refractivity contribution is -0.128. The summed E-state index contributed by atoms with van der Waals surface area (Å²) in [6.07, 6.45) is 3.56. The highest BCUT2D eigenvalue weighted by molar-refractivity contribution is 6.01. The van der Waals surface area contributed by atoms with Crippen molar-refractivity contribution in [2.24, 2.45) is 0 Å². The number of amides is 1. The molecule has 1 amide bonds. The normalized spacial score (nSPS) is 15.9. The molecular weight excluding hydrogens is 438 g/mol. The van der Waals surface area contributed by atoms with Crippen molar-refractivity contribution in [2.75, 3.05) is 39.9 Å². The first-order chi connectivity index (χ1) is 16.9. The predicted octanol–water partition coefficient (Wildman–Crippen LogP) is 4.11. The van der Waals surface area contributed by atoms with E-state index in [-0.39, 0.29) is 17.5 Å². The molecule has 7 nitrogen and oxygen atoms in total. The van der Waals surface area contributed by atoms with E-state index >= 15 is 0 Å². The lowest BCUT2D eigenvalue weighted by atomic mass is 10.1. The van der Waals surface area contributed by atoms with Gasteiger partial charge >= 0.3 is 0 Å². The first-order valence-corrected chi connectivity index (χ1v) is 12.1. The number of methoxy groups -OCH3 is 1. The maximum atomic E-state index is 13.2. The number of ether oxygens (including phenoxy) is 1. The number of rotatable bonds is 7. The molecule has 0 spiro atoms. The van der Waals surface area contributed by atoms with E-state index in [1.54, 1.807) is 18.1 Å². The van der Waals surface area contributed by atoms with Crippen LogP contribution in [0.3, 0.4) is 0 Å². The van der Waals surface area contributed by atoms with E-state index in [4.69, 9.17) is 4.74 Å². The van der Waals surface area contributed by atoms with E-state index in [1.807, 2.05) is 32.2 Å². The average molecular weight is 472 g/mol. The van der Waals surface area contributed by atoms with Gasteiger partial charge in [0.25, 0.3) is 5.91 Å². The topological polar surface area (TPSA) is 74.4 Å². The molecule has 0 saturated carbocycles. The molecule has 0 N–H and O–H groups in total. The molecule has 1 aliphatic heterocycles. The van der Waals surface area contributed by atoms with Gasteiger partial charge in [-0.3, -0.25) is 14.7 Å². The second-order valence-electron chi connectivity index (χ2n) is 9.23. The van der Waals surface area contributed by atoms with Crippen molar-refractivity contribution in [2.45, 2.75) is 33.4 Å². The van der Waals surface area contributed by atoms with Crippen LogP contribution in [-0.2, 0) is 16.1 Å². The predicted molar refractivity (Wildman–Crippen MR) is 138 cm³/mol. The maximum absolute atomic E-state index is 13.2. The number of carbonyl (C=O) groups excluding carboxylic acids is 1. The third kappa shape index (κ3) is 5.29. The number of para-hydroxylation sites is 1. The summed E-state index contributed by atoms with van der Waals surface area (Å²) < 4.78 is 7.50. The number of aryl methyl sites for hydroxylation is 1. The molecule has 7 heteroatoms. The van der Waals surface area contributed by atoms with E-state index in [0.717, 1.165) is 47.5 Å². The van der Waals surface area contributed by atoms with Gasteiger partial charge in [-0.2, -0.15) is 5.26 Å². The van der Waals surface area contributed by atoms with Gasteiger partial charge in [-0.25, -0.2) is 0 Å². The Morgan fingerprint density at radius 2 is 1.94 bits per heavy atom. The van der Waals surface area contributed by atoms with Crippen molar-refractivity contribution < 1.29 is 9.53 Å². The minimum Gasteiger partial charge on any atom is -0.383 e. The number of nitriles is 1. The van der Waals surface area contributed by atoms with Crippen LogP contribution in [0.1, 0.15) is 35.5 Å². The molecule has 3 aromatic rings. The zero-order valence-electron chi connectivity index (χ0n) is 21.0. The molecule has 4 rings (SSSR count). The van der Waals surface area contributed by atoms with Gasteiger partial charge in [0, 0.05) is 62.8 Å². The van der Waals surface area contributed by atoms with Crippen LogP contribution in [0.4, 0.5) is 0 Å². The van der Waals surface area contributed by atoms with Crippen molar-refractivity contribution >= 4 is 22.9 Å². The summed E-state index contributed by atoms with van der Waals surface area (Å²) in [7, 11) is 1.69. The van der Waals surface area contributed by atoms with E-state index < -0.39 is 0 Å². The van der Waals surface area contributed by atoms with Crippen LogP contribution < -0.4 is 0 Å². The number of benzene rings is 1. The summed E-state index contributed by atoms with van der Waals surface area (Å²) in [4.78, 5) is 21.9. The van der Waals surface area contributed by atoms with Gasteiger partial charge in [-0.1, -0.05) is 24.3 Å². The summed E-state index contributed by atoms with van der Waals surface area (Å²) in [5.74, 6) is -0.200. The largest absolute Gasteiger partial charge is 0.383 e. The van der Waals surface area contributed by atoms with Crippen molar-refractivity contribution in [3.05, 3.63) is 70.7 Å². The molecular formula is C28H33N5O2. The summed E-state index contributed by atoms with van der Waals surface area (Å²) >= 11 is 0. The zero-order valence-corrected chi connectivity index (χ0v) is 21.0. The Bertz CT molecular complexity index is 1270. The van der Waals surface area contributed by atoms with Gasteiger partial charge in [0.05, 0.1) is 18.2 Å². The smallest absolute Gasteiger partial charge is 0.264 e. The van der Waals surface area contributed by atoms with Crippen molar-refractivity contribution in [3.63, 3.8) is 0 Å². The van der Waals surface area contributed by atoms with Gasteiger partial charge in [-0.15, -0.1) is 0 Å². The molecule has 1 aromatic carbocycles. The summed E-state index contributed by atoms with van der Waals surface area (Å²) in [5, 5.41) is 10.9. The number of carbonyl (C=O) groups is 1. The number of hydrogen-bond acceptors (Lipinski definition) is 5. The molecule has 1 fully saturated rings. The molecule has 0 bridgehead atoms. The molecule has 1 aliphatic rings. The Morgan fingerprint density at radius 3 is 2.66 bits per heavy atom. The zero-order chi connectivity index (χ0) is 24.9. The molecule has 0 aliphatic carbocycles. The first-order valence-electron chi connectivity index (χ1n) is 12.1. The third-order valence-corrected chi connectivity index (χ3v) is 6.79. The lowest BCUT2D eigenvalue weighted by Crippen LogP contribution is -2.48. The highest BCUT2D eigenvalue weighted by atomic mass is 16.5. The fourth-order valence-corrected chi connectivity index (χ4v) is 5.06. The van der Waals surface area contributed by atoms with Gasteiger partial charge in [0.1, 0.15) is 11.6 Å². The van der Waals surface area contributed by atoms with Crippen molar-refractivity contribution in [1.29, 1.82) is 5.26 Å². The minimum atomic E-state index is -0.200. The van der Waals surface area contributed by atoms with Gasteiger partial charge < -0.3 is 14.2 Å². The van der Waals surface area contributed by atoms with Crippen LogP contribution in [0.15, 0.2) is 48.2 Å². The summed E-state index contributed by atoms with van der Waals surface area (Å²) in [5.41, 5.74) is 5.41. The minimum absolute atomic E-state index is 0.174. The Morgan fingerprint density at radius 1 is 1.20 bits per heavy atom. The van der Waals surface area contributed by atoms with Crippen LogP contribution in [0, 0.1) is 25.2 Å². The SMILES string of the molecule is COCC(C)n1c(C)cc(/C=C(\C#N)C(=O)N2CCN(Cc3cccc4cccnc34)CC2)c1C. The average Bonchev–Trinajstić information content (AvgIpc) is 3.15. The number of nitrogens with zero attached hydrogens (tertiary/aromatic N) is 5. The standard InChI is InChI=1S/C28H33N5O2/c1-20-15-25(22(3)33(20)21(2)19-35-4)16-26(17-29)28(34)32-13-11-31(12-14-32)18-24-8-5-7-23-9-6-10-30-27(23)24/h5-10,15-16,21H,11-14,18-19H2,1-4H3/b26-16+. The highest BCUT2D eigenvalue weighted by Gasteiger charge is 2.25. The Hall–Kier alpha value is -3.47. The number of aromatic nitrogens is 2. The second-order valence-corrected chi connectivity index (χ2v) is 9.23. The monoisotopic (exact) mass is 471 g/mol. The molecule has 0 radical (unpaired) electrons. The Kier molecular flexibility index (Phi) is 7.64. The second kappa shape index (κ2) is 10.9. The lowest BCUT2D eigenvalue weighted by Gasteiger charge is -2.34. The highest BCUT2D eigenvalue weighted by Crippen LogP contribution is 2.24. The van der Waals surface area contributed by atoms with E-state index in [1.165, 1.54) is 5.56 Å². The van der Waals surface area contributed by atoms with Crippen LogP contribution in [0.25, 0.3) is 17.0 Å². The summed E-state index contributed by atoms with van der Waals surface area (Å²) in [6.45, 7) is 10.3. The number of piperazine rings is 1. The van der Waals surface area contributed by atoms with Gasteiger partial charge in [-0.05, 0) is 50.1 Å². The van der Waals surface area contributed by atoms with Gasteiger partial charge in [0.15, 0.2) is 0 Å². The molecule has 35 heavy (non-hydrogen) atoms. The third-order valence-electron chi connectivity index (χ3n) is 6.79. The molecule has 2 aromatic heterocycles. The summed E-state index contributed by atoms with van der Waals surface area (Å²) in [6, 6.07) is 14.6. The van der Waals surface area contributed by atoms with Crippen LogP contribution in [-0.4, -0.2) is 65.2 Å². The van der Waals surface area contributed by atoms with E-state index in [9.17, 15) is 10.1 Å². The van der Waals surface area contributed by atoms with E-state index in [2.05, 4.69) is 51.7 Å². The molecule has 1 unspecified atom stereocenters. The molecule has 1 atom stereocenters. The number of hydrogen-bond donors (Lipinski definition) is 0. The van der Waals surface area contributed by atoms with Crippen molar-refractivity contribution in [3.8, 4) is 6.07 Å². The Labute approximate surface area is 207 Å². The van der Waals surface area contributed by atoms with E-state index in [0.29, 0.717) is 19.7 Å². The fourth-order valence-electron chi connectivity index (χ4n) is 5.06. The molecule has 182 valence electrons. The number of fused-ring (bicyclic) bond motifs is 1. The van der Waals surface area contributed by atoms with Crippen molar-refractivity contribution in [1.82, 2.24) is 19.4 Å². The molecule has 1 saturated heterocycles. The fraction of sp³-hybridized carbons (Fsp3) is 0.393. The van der Waals surface area contributed by atoms with Crippen LogP contribution in [0.5, 0.6) is 0 Å². The quantitative estimate of drug-likeness (QED) is 0.383. The Balaban J connectivity index is 1.43. The molecule has 3 heterocycles. The number of pyridine rings is 1.